The molecule has 0 radical (unpaired) electrons. The molecule has 1 atom stereocenters. The van der Waals surface area contributed by atoms with Crippen molar-refractivity contribution in [2.45, 2.75) is 13.0 Å². The molecule has 1 heterocycles. The van der Waals surface area contributed by atoms with E-state index >= 15 is 0 Å². The molecule has 1 aliphatic heterocycles. The minimum Gasteiger partial charge on any atom is -0.477 e. The Labute approximate surface area is 157 Å². The van der Waals surface area contributed by atoms with E-state index in [1.54, 1.807) is 42.3 Å². The molecule has 0 aromatic heterocycles. The van der Waals surface area contributed by atoms with Gasteiger partial charge in [-0.15, -0.1) is 0 Å². The summed E-state index contributed by atoms with van der Waals surface area (Å²) in [4.78, 5) is 26.3. The van der Waals surface area contributed by atoms with Crippen LogP contribution in [0.4, 0.5) is 5.69 Å². The van der Waals surface area contributed by atoms with E-state index in [1.165, 1.54) is 6.08 Å². The Hall–Kier alpha value is -2.79. The highest BCUT2D eigenvalue weighted by Crippen LogP contribution is 2.33. The van der Waals surface area contributed by atoms with Gasteiger partial charge < -0.3 is 15.0 Å². The molecule has 0 saturated carbocycles. The zero-order chi connectivity index (χ0) is 18.7. The number of benzene rings is 2. The van der Waals surface area contributed by atoms with Crippen LogP contribution in [0.3, 0.4) is 0 Å². The number of carbonyl (C=O) groups is 2. The number of nitrogens with zero attached hydrogens (tertiary/aromatic N) is 1. The second kappa shape index (κ2) is 7.62. The van der Waals surface area contributed by atoms with Gasteiger partial charge in [0, 0.05) is 18.1 Å². The molecule has 6 heteroatoms. The third kappa shape index (κ3) is 3.73. The monoisotopic (exact) mass is 370 g/mol. The van der Waals surface area contributed by atoms with Gasteiger partial charge in [-0.1, -0.05) is 35.9 Å². The Balaban J connectivity index is 1.86. The SMILES string of the molecule is CNC(=O)[C@H]1CN(C(=O)/C=C/c2ccc(C)c(Cl)c2)c2ccccc2O1. The van der Waals surface area contributed by atoms with E-state index in [9.17, 15) is 9.59 Å². The van der Waals surface area contributed by atoms with E-state index < -0.39 is 6.10 Å². The fraction of sp³-hybridized carbons (Fsp3) is 0.200. The lowest BCUT2D eigenvalue weighted by molar-refractivity contribution is -0.127. The first-order valence-corrected chi connectivity index (χ1v) is 8.60. The lowest BCUT2D eigenvalue weighted by Crippen LogP contribution is -2.49. The van der Waals surface area contributed by atoms with Crippen molar-refractivity contribution in [1.82, 2.24) is 5.32 Å². The first kappa shape index (κ1) is 18.0. The second-order valence-corrected chi connectivity index (χ2v) is 6.39. The first-order valence-electron chi connectivity index (χ1n) is 8.22. The molecule has 2 aromatic rings. The Bertz CT molecular complexity index is 879. The van der Waals surface area contributed by atoms with E-state index in [-0.39, 0.29) is 18.4 Å². The minimum atomic E-state index is -0.749. The maximum Gasteiger partial charge on any atom is 0.262 e. The lowest BCUT2D eigenvalue weighted by atomic mass is 10.1. The molecule has 0 saturated heterocycles. The number of aryl methyl sites for hydroxylation is 1. The fourth-order valence-electron chi connectivity index (χ4n) is 2.71. The summed E-state index contributed by atoms with van der Waals surface area (Å²) >= 11 is 6.12. The zero-order valence-corrected chi connectivity index (χ0v) is 15.3. The second-order valence-electron chi connectivity index (χ2n) is 5.98. The molecule has 5 nitrogen and oxygen atoms in total. The summed E-state index contributed by atoms with van der Waals surface area (Å²) in [5, 5.41) is 3.21. The van der Waals surface area contributed by atoms with Crippen LogP contribution in [0.5, 0.6) is 5.75 Å². The van der Waals surface area contributed by atoms with Gasteiger partial charge in [-0.3, -0.25) is 9.59 Å². The van der Waals surface area contributed by atoms with Crippen LogP contribution >= 0.6 is 11.6 Å². The summed E-state index contributed by atoms with van der Waals surface area (Å²) in [5.41, 5.74) is 2.45. The summed E-state index contributed by atoms with van der Waals surface area (Å²) in [7, 11) is 1.54. The van der Waals surface area contributed by atoms with Gasteiger partial charge in [0.1, 0.15) is 5.75 Å². The normalized spacial score (nSPS) is 16.1. The van der Waals surface area contributed by atoms with Gasteiger partial charge in [0.2, 0.25) is 0 Å². The van der Waals surface area contributed by atoms with Crippen molar-refractivity contribution < 1.29 is 14.3 Å². The quantitative estimate of drug-likeness (QED) is 0.844. The number of hydrogen-bond acceptors (Lipinski definition) is 3. The number of fused-ring (bicyclic) bond motifs is 1. The molecule has 1 aliphatic rings. The average Bonchev–Trinajstić information content (AvgIpc) is 2.67. The predicted octanol–water partition coefficient (Wildman–Crippen LogP) is 3.20. The van der Waals surface area contributed by atoms with Gasteiger partial charge in [-0.25, -0.2) is 0 Å². The number of likely N-dealkylation sites (N-methyl/N-ethyl adjacent to an activating group) is 1. The predicted molar refractivity (Wildman–Crippen MR) is 103 cm³/mol. The maximum absolute atomic E-state index is 12.8. The Morgan fingerprint density at radius 3 is 2.77 bits per heavy atom. The lowest BCUT2D eigenvalue weighted by Gasteiger charge is -2.33. The van der Waals surface area contributed by atoms with Crippen molar-refractivity contribution in [2.75, 3.05) is 18.5 Å². The van der Waals surface area contributed by atoms with Crippen LogP contribution in [0.25, 0.3) is 6.08 Å². The van der Waals surface area contributed by atoms with Crippen LogP contribution in [0.1, 0.15) is 11.1 Å². The number of anilines is 1. The standard InChI is InChI=1S/C20H19ClN2O3/c1-13-7-8-14(11-15(13)21)9-10-19(24)23-12-18(20(25)22-2)26-17-6-4-3-5-16(17)23/h3-11,18H,12H2,1-2H3,(H,22,25)/b10-9+/t18-/m1/s1. The number of amides is 2. The van der Waals surface area contributed by atoms with Gasteiger partial charge in [-0.05, 0) is 42.3 Å². The molecule has 0 spiro atoms. The third-order valence-electron chi connectivity index (χ3n) is 4.19. The number of rotatable bonds is 3. The largest absolute Gasteiger partial charge is 0.477 e. The van der Waals surface area contributed by atoms with E-state index in [1.807, 2.05) is 25.1 Å². The number of halogens is 1. The maximum atomic E-state index is 12.8. The van der Waals surface area contributed by atoms with Crippen LogP contribution < -0.4 is 15.0 Å². The molecule has 2 aromatic carbocycles. The Kier molecular flexibility index (Phi) is 5.28. The zero-order valence-electron chi connectivity index (χ0n) is 14.5. The van der Waals surface area contributed by atoms with Crippen molar-refractivity contribution in [3.05, 3.63) is 64.7 Å². The van der Waals surface area contributed by atoms with Crippen LogP contribution in [-0.2, 0) is 9.59 Å². The van der Waals surface area contributed by atoms with Crippen molar-refractivity contribution in [2.24, 2.45) is 0 Å². The topological polar surface area (TPSA) is 58.6 Å². The van der Waals surface area contributed by atoms with E-state index in [4.69, 9.17) is 16.3 Å². The van der Waals surface area contributed by atoms with Gasteiger partial charge >= 0.3 is 0 Å². The number of nitrogens with one attached hydrogen (secondary N) is 1. The van der Waals surface area contributed by atoms with E-state index in [0.29, 0.717) is 16.5 Å². The molecule has 134 valence electrons. The van der Waals surface area contributed by atoms with Crippen molar-refractivity contribution in [3.8, 4) is 5.75 Å². The van der Waals surface area contributed by atoms with Gasteiger partial charge in [-0.2, -0.15) is 0 Å². The van der Waals surface area contributed by atoms with Gasteiger partial charge in [0.05, 0.1) is 12.2 Å². The van der Waals surface area contributed by atoms with Crippen LogP contribution in [-0.4, -0.2) is 31.5 Å². The molecule has 3 rings (SSSR count). The van der Waals surface area contributed by atoms with Crippen molar-refractivity contribution in [3.63, 3.8) is 0 Å². The summed E-state index contributed by atoms with van der Waals surface area (Å²) in [5.74, 6) is 0.00503. The Morgan fingerprint density at radius 2 is 2.04 bits per heavy atom. The van der Waals surface area contributed by atoms with Crippen LogP contribution in [0.15, 0.2) is 48.5 Å². The summed E-state index contributed by atoms with van der Waals surface area (Å²) in [6.45, 7) is 2.07. The highest BCUT2D eigenvalue weighted by atomic mass is 35.5. The fourth-order valence-corrected chi connectivity index (χ4v) is 2.90. The molecule has 2 amide bonds. The molecule has 0 fully saturated rings. The number of carbonyl (C=O) groups excluding carboxylic acids is 2. The molecule has 0 aliphatic carbocycles. The molecule has 26 heavy (non-hydrogen) atoms. The van der Waals surface area contributed by atoms with Gasteiger partial charge in [0.15, 0.2) is 6.10 Å². The smallest absolute Gasteiger partial charge is 0.262 e. The average molecular weight is 371 g/mol. The van der Waals surface area contributed by atoms with Crippen LogP contribution in [0, 0.1) is 6.92 Å². The number of para-hydroxylation sites is 2. The van der Waals surface area contributed by atoms with Crippen LogP contribution in [0.2, 0.25) is 5.02 Å². The minimum absolute atomic E-state index is 0.147. The van der Waals surface area contributed by atoms with E-state index in [2.05, 4.69) is 5.32 Å². The van der Waals surface area contributed by atoms with Crippen molar-refractivity contribution >= 4 is 35.2 Å². The summed E-state index contributed by atoms with van der Waals surface area (Å²) in [6.07, 6.45) is 2.44. The highest BCUT2D eigenvalue weighted by molar-refractivity contribution is 6.31. The Morgan fingerprint density at radius 1 is 1.27 bits per heavy atom. The molecular weight excluding hydrogens is 352 g/mol. The third-order valence-corrected chi connectivity index (χ3v) is 4.60. The molecule has 0 bridgehead atoms. The van der Waals surface area contributed by atoms with Crippen molar-refractivity contribution in [1.29, 1.82) is 0 Å². The summed E-state index contributed by atoms with van der Waals surface area (Å²) < 4.78 is 5.71. The highest BCUT2D eigenvalue weighted by Gasteiger charge is 2.32. The molecular formula is C20H19ClN2O3. The number of ether oxygens (including phenoxy) is 1. The van der Waals surface area contributed by atoms with E-state index in [0.717, 1.165) is 11.1 Å². The van der Waals surface area contributed by atoms with Gasteiger partial charge in [0.25, 0.3) is 11.8 Å². The summed E-state index contributed by atoms with van der Waals surface area (Å²) in [6, 6.07) is 12.8. The first-order chi connectivity index (χ1) is 12.5. The number of hydrogen-bond donors (Lipinski definition) is 1. The molecule has 1 N–H and O–H groups in total. The molecule has 0 unspecified atom stereocenters.